The standard InChI is InChI=1S/C20H37NOSi/c1-20(2,3)23(4,5)22-16-10-8-6-7-9-11-18-12-14-19(17-21)15-13-18/h12-15H,6-11,16-17,21H2,1-5H3. The van der Waals surface area contributed by atoms with Crippen LogP contribution in [-0.4, -0.2) is 14.9 Å². The minimum absolute atomic E-state index is 0.326. The second-order valence-electron chi connectivity index (χ2n) is 8.15. The Labute approximate surface area is 144 Å². The van der Waals surface area contributed by atoms with Crippen LogP contribution in [0, 0.1) is 0 Å². The topological polar surface area (TPSA) is 35.2 Å². The molecule has 0 spiro atoms. The Hall–Kier alpha value is -0.643. The Bertz CT molecular complexity index is 434. The van der Waals surface area contributed by atoms with Gasteiger partial charge in [-0.15, -0.1) is 0 Å². The lowest BCUT2D eigenvalue weighted by Crippen LogP contribution is -2.40. The van der Waals surface area contributed by atoms with Gasteiger partial charge in [-0.2, -0.15) is 0 Å². The van der Waals surface area contributed by atoms with E-state index in [1.807, 2.05) is 0 Å². The first kappa shape index (κ1) is 20.4. The molecule has 0 radical (unpaired) electrons. The monoisotopic (exact) mass is 335 g/mol. The van der Waals surface area contributed by atoms with Gasteiger partial charge in [0.2, 0.25) is 0 Å². The van der Waals surface area contributed by atoms with Crippen LogP contribution >= 0.6 is 0 Å². The molecule has 0 aromatic heterocycles. The lowest BCUT2D eigenvalue weighted by Gasteiger charge is -2.36. The van der Waals surface area contributed by atoms with Gasteiger partial charge in [-0.05, 0) is 48.5 Å². The molecule has 0 amide bonds. The van der Waals surface area contributed by atoms with Crippen molar-refractivity contribution in [2.45, 2.75) is 84.0 Å². The van der Waals surface area contributed by atoms with E-state index in [4.69, 9.17) is 10.2 Å². The summed E-state index contributed by atoms with van der Waals surface area (Å²) in [5, 5.41) is 0.326. The summed E-state index contributed by atoms with van der Waals surface area (Å²) in [5.41, 5.74) is 8.27. The van der Waals surface area contributed by atoms with Gasteiger partial charge >= 0.3 is 0 Å². The summed E-state index contributed by atoms with van der Waals surface area (Å²) in [6.45, 7) is 13.2. The van der Waals surface area contributed by atoms with E-state index in [0.29, 0.717) is 11.6 Å². The van der Waals surface area contributed by atoms with Crippen molar-refractivity contribution in [3.05, 3.63) is 35.4 Å². The van der Waals surface area contributed by atoms with Crippen LogP contribution in [0.15, 0.2) is 24.3 Å². The van der Waals surface area contributed by atoms with Gasteiger partial charge in [-0.3, -0.25) is 0 Å². The van der Waals surface area contributed by atoms with Gasteiger partial charge in [0, 0.05) is 13.2 Å². The van der Waals surface area contributed by atoms with Gasteiger partial charge in [0.15, 0.2) is 8.32 Å². The van der Waals surface area contributed by atoms with Crippen molar-refractivity contribution in [1.82, 2.24) is 0 Å². The van der Waals surface area contributed by atoms with E-state index in [2.05, 4.69) is 58.1 Å². The Morgan fingerprint density at radius 1 is 0.870 bits per heavy atom. The van der Waals surface area contributed by atoms with Gasteiger partial charge in [0.05, 0.1) is 0 Å². The van der Waals surface area contributed by atoms with Crippen LogP contribution in [0.4, 0.5) is 0 Å². The highest BCUT2D eigenvalue weighted by atomic mass is 28.4. The molecular formula is C20H37NOSi. The number of hydrogen-bond donors (Lipinski definition) is 1. The molecule has 0 aliphatic rings. The zero-order chi connectivity index (χ0) is 17.3. The number of benzene rings is 1. The summed E-state index contributed by atoms with van der Waals surface area (Å²) < 4.78 is 6.22. The maximum atomic E-state index is 6.22. The molecule has 0 unspecified atom stereocenters. The zero-order valence-electron chi connectivity index (χ0n) is 16.0. The summed E-state index contributed by atoms with van der Waals surface area (Å²) in [7, 11) is -1.54. The minimum Gasteiger partial charge on any atom is -0.417 e. The molecule has 23 heavy (non-hydrogen) atoms. The number of unbranched alkanes of at least 4 members (excludes halogenated alkanes) is 4. The van der Waals surface area contributed by atoms with Crippen LogP contribution in [0.2, 0.25) is 18.1 Å². The third kappa shape index (κ3) is 7.64. The highest BCUT2D eigenvalue weighted by molar-refractivity contribution is 6.74. The highest BCUT2D eigenvalue weighted by Crippen LogP contribution is 2.36. The van der Waals surface area contributed by atoms with Gasteiger partial charge in [-0.1, -0.05) is 64.3 Å². The van der Waals surface area contributed by atoms with Crippen molar-refractivity contribution >= 4 is 8.32 Å². The molecule has 2 N–H and O–H groups in total. The Morgan fingerprint density at radius 2 is 1.39 bits per heavy atom. The molecule has 0 saturated carbocycles. The first-order chi connectivity index (χ1) is 10.8. The van der Waals surface area contributed by atoms with Gasteiger partial charge in [-0.25, -0.2) is 0 Å². The first-order valence-corrected chi connectivity index (χ1v) is 12.1. The molecule has 0 bridgehead atoms. The van der Waals surface area contributed by atoms with Crippen molar-refractivity contribution in [1.29, 1.82) is 0 Å². The summed E-state index contributed by atoms with van der Waals surface area (Å²) in [5.74, 6) is 0. The van der Waals surface area contributed by atoms with Crippen LogP contribution < -0.4 is 5.73 Å². The Morgan fingerprint density at radius 3 is 1.96 bits per heavy atom. The van der Waals surface area contributed by atoms with Crippen LogP contribution in [0.5, 0.6) is 0 Å². The number of hydrogen-bond acceptors (Lipinski definition) is 2. The van der Waals surface area contributed by atoms with E-state index in [1.54, 1.807) is 0 Å². The molecule has 0 heterocycles. The molecule has 132 valence electrons. The fraction of sp³-hybridized carbons (Fsp3) is 0.700. The third-order valence-corrected chi connectivity index (χ3v) is 9.68. The maximum absolute atomic E-state index is 6.22. The number of nitrogens with two attached hydrogens (primary N) is 1. The molecule has 0 fully saturated rings. The molecule has 0 aliphatic heterocycles. The van der Waals surface area contributed by atoms with E-state index in [9.17, 15) is 0 Å². The lowest BCUT2D eigenvalue weighted by molar-refractivity contribution is 0.277. The van der Waals surface area contributed by atoms with Crippen molar-refractivity contribution in [2.75, 3.05) is 6.61 Å². The molecule has 1 rings (SSSR count). The van der Waals surface area contributed by atoms with Gasteiger partial charge in [0.25, 0.3) is 0 Å². The van der Waals surface area contributed by atoms with E-state index in [1.165, 1.54) is 49.7 Å². The van der Waals surface area contributed by atoms with Crippen LogP contribution in [0.3, 0.4) is 0 Å². The second-order valence-corrected chi connectivity index (χ2v) is 13.0. The summed E-state index contributed by atoms with van der Waals surface area (Å²) in [4.78, 5) is 0. The quantitative estimate of drug-likeness (QED) is 0.442. The zero-order valence-corrected chi connectivity index (χ0v) is 17.0. The van der Waals surface area contributed by atoms with Crippen LogP contribution in [0.25, 0.3) is 0 Å². The molecule has 0 atom stereocenters. The summed E-state index contributed by atoms with van der Waals surface area (Å²) in [6, 6.07) is 8.73. The predicted molar refractivity (Wildman–Crippen MR) is 104 cm³/mol. The van der Waals surface area contributed by atoms with Crippen molar-refractivity contribution in [3.63, 3.8) is 0 Å². The molecule has 0 saturated heterocycles. The molecule has 0 aliphatic carbocycles. The number of rotatable bonds is 10. The Kier molecular flexibility index (Phi) is 8.52. The normalized spacial score (nSPS) is 12.6. The van der Waals surface area contributed by atoms with Crippen molar-refractivity contribution in [2.24, 2.45) is 5.73 Å². The predicted octanol–water partition coefficient (Wildman–Crippen LogP) is 5.66. The SMILES string of the molecule is CC(C)(C)[Si](C)(C)OCCCCCCCc1ccc(CN)cc1. The largest absolute Gasteiger partial charge is 0.417 e. The molecular weight excluding hydrogens is 298 g/mol. The smallest absolute Gasteiger partial charge is 0.191 e. The van der Waals surface area contributed by atoms with E-state index < -0.39 is 8.32 Å². The van der Waals surface area contributed by atoms with Crippen LogP contribution in [0.1, 0.15) is 64.0 Å². The first-order valence-electron chi connectivity index (χ1n) is 9.18. The van der Waals surface area contributed by atoms with Crippen molar-refractivity contribution < 1.29 is 4.43 Å². The molecule has 1 aromatic rings. The number of aryl methyl sites for hydroxylation is 1. The van der Waals surface area contributed by atoms with E-state index >= 15 is 0 Å². The molecule has 1 aromatic carbocycles. The third-order valence-electron chi connectivity index (χ3n) is 5.14. The second kappa shape index (κ2) is 9.60. The fourth-order valence-corrected chi connectivity index (χ4v) is 3.44. The van der Waals surface area contributed by atoms with Crippen molar-refractivity contribution in [3.8, 4) is 0 Å². The summed E-state index contributed by atoms with van der Waals surface area (Å²) >= 11 is 0. The van der Waals surface area contributed by atoms with E-state index in [0.717, 1.165) is 6.61 Å². The molecule has 3 heteroatoms. The average Bonchev–Trinajstić information content (AvgIpc) is 2.49. The fourth-order valence-electron chi connectivity index (χ4n) is 2.35. The maximum Gasteiger partial charge on any atom is 0.191 e. The van der Waals surface area contributed by atoms with Crippen LogP contribution in [-0.2, 0) is 17.4 Å². The average molecular weight is 336 g/mol. The van der Waals surface area contributed by atoms with E-state index in [-0.39, 0.29) is 0 Å². The highest BCUT2D eigenvalue weighted by Gasteiger charge is 2.36. The lowest BCUT2D eigenvalue weighted by atomic mass is 10.0. The Balaban J connectivity index is 2.05. The van der Waals surface area contributed by atoms with Gasteiger partial charge < -0.3 is 10.2 Å². The minimum atomic E-state index is -1.54. The molecule has 2 nitrogen and oxygen atoms in total. The summed E-state index contributed by atoms with van der Waals surface area (Å²) in [6.07, 6.45) is 7.61. The van der Waals surface area contributed by atoms with Gasteiger partial charge in [0.1, 0.15) is 0 Å².